The summed E-state index contributed by atoms with van der Waals surface area (Å²) in [5.74, 6) is 0.103. The number of carboxylic acid groups (broad SMARTS) is 1. The fourth-order valence-corrected chi connectivity index (χ4v) is 6.65. The van der Waals surface area contributed by atoms with E-state index >= 15 is 0 Å². The van der Waals surface area contributed by atoms with Crippen LogP contribution in [-0.4, -0.2) is 45.0 Å². The lowest BCUT2D eigenvalue weighted by Crippen LogP contribution is -2.63. The Labute approximate surface area is 219 Å². The van der Waals surface area contributed by atoms with Crippen LogP contribution in [0.25, 0.3) is 0 Å². The van der Waals surface area contributed by atoms with Crippen LogP contribution in [0.1, 0.15) is 97.3 Å². The SMILES string of the molecule is CC(C)(C)C1CCC(Oc2ccc3c(c2C(F)(F)F)CC[C@H]([C@](C)(CO)N(C(=O)O)C(C)(C)C)C3)CC1. The van der Waals surface area contributed by atoms with Gasteiger partial charge < -0.3 is 14.9 Å². The lowest BCUT2D eigenvalue weighted by Gasteiger charge is -2.51. The second-order valence-corrected chi connectivity index (χ2v) is 13.3. The average molecular weight is 528 g/mol. The van der Waals surface area contributed by atoms with Gasteiger partial charge in [0.25, 0.3) is 0 Å². The molecule has 5 nitrogen and oxygen atoms in total. The van der Waals surface area contributed by atoms with Crippen LogP contribution in [0.5, 0.6) is 5.75 Å². The van der Waals surface area contributed by atoms with Crippen molar-refractivity contribution in [3.8, 4) is 5.75 Å². The predicted molar refractivity (Wildman–Crippen MR) is 138 cm³/mol. The van der Waals surface area contributed by atoms with E-state index in [9.17, 15) is 28.2 Å². The maximum atomic E-state index is 14.4. The minimum Gasteiger partial charge on any atom is -0.490 e. The van der Waals surface area contributed by atoms with Crippen molar-refractivity contribution in [3.63, 3.8) is 0 Å². The fraction of sp³-hybridized carbons (Fsp3) is 0.759. The first-order valence-electron chi connectivity index (χ1n) is 13.4. The molecule has 1 fully saturated rings. The molecular formula is C29H44F3NO4. The number of fused-ring (bicyclic) bond motifs is 1. The molecule has 2 N–H and O–H groups in total. The second kappa shape index (κ2) is 10.3. The van der Waals surface area contributed by atoms with Gasteiger partial charge in [-0.1, -0.05) is 26.8 Å². The number of alkyl halides is 3. The Bertz CT molecular complexity index is 971. The Hall–Kier alpha value is -1.96. The molecule has 2 atom stereocenters. The lowest BCUT2D eigenvalue weighted by molar-refractivity contribution is -0.140. The number of benzene rings is 1. The highest BCUT2D eigenvalue weighted by molar-refractivity contribution is 5.67. The smallest absolute Gasteiger partial charge is 0.420 e. The molecule has 0 bridgehead atoms. The minimum atomic E-state index is -4.56. The molecule has 210 valence electrons. The zero-order valence-corrected chi connectivity index (χ0v) is 23.3. The summed E-state index contributed by atoms with van der Waals surface area (Å²) in [7, 11) is 0. The maximum Gasteiger partial charge on any atom is 0.420 e. The van der Waals surface area contributed by atoms with E-state index in [1.807, 2.05) is 0 Å². The van der Waals surface area contributed by atoms with E-state index < -0.39 is 35.5 Å². The first kappa shape index (κ1) is 29.6. The molecule has 1 saturated carbocycles. The highest BCUT2D eigenvalue weighted by Gasteiger charge is 2.49. The summed E-state index contributed by atoms with van der Waals surface area (Å²) in [6, 6.07) is 3.14. The third kappa shape index (κ3) is 6.21. The molecule has 37 heavy (non-hydrogen) atoms. The van der Waals surface area contributed by atoms with Crippen LogP contribution < -0.4 is 4.74 Å². The Morgan fingerprint density at radius 1 is 0.973 bits per heavy atom. The van der Waals surface area contributed by atoms with Crippen molar-refractivity contribution < 1.29 is 32.9 Å². The van der Waals surface area contributed by atoms with E-state index in [1.54, 1.807) is 33.8 Å². The molecule has 1 aromatic rings. The summed E-state index contributed by atoms with van der Waals surface area (Å²) < 4.78 is 49.2. The monoisotopic (exact) mass is 527 g/mol. The summed E-state index contributed by atoms with van der Waals surface area (Å²) in [5.41, 5.74) is -1.66. The zero-order valence-electron chi connectivity index (χ0n) is 23.3. The largest absolute Gasteiger partial charge is 0.490 e. The van der Waals surface area contributed by atoms with Crippen LogP contribution in [0.3, 0.4) is 0 Å². The number of aliphatic hydroxyl groups is 1. The van der Waals surface area contributed by atoms with Crippen LogP contribution in [0.4, 0.5) is 18.0 Å². The third-order valence-electron chi connectivity index (χ3n) is 8.63. The van der Waals surface area contributed by atoms with Crippen molar-refractivity contribution in [2.45, 2.75) is 117 Å². The van der Waals surface area contributed by atoms with Gasteiger partial charge in [-0.2, -0.15) is 13.2 Å². The summed E-state index contributed by atoms with van der Waals surface area (Å²) >= 11 is 0. The van der Waals surface area contributed by atoms with Gasteiger partial charge in [-0.25, -0.2) is 4.79 Å². The van der Waals surface area contributed by atoms with Crippen molar-refractivity contribution in [1.29, 1.82) is 0 Å². The standard InChI is InChI=1S/C29H44F3NO4/c1-26(2,3)19-9-12-21(13-10-19)37-23-15-8-18-16-20(11-14-22(18)24(23)29(30,31)32)28(7,17-34)33(25(35)36)27(4,5)6/h8,15,19-21,34H,9-14,16-17H2,1-7H3,(H,35,36)/t19?,20-,21?,28-/m0/s1. The minimum absolute atomic E-state index is 0.101. The normalized spacial score (nSPS) is 24.7. The van der Waals surface area contributed by atoms with Gasteiger partial charge in [0, 0.05) is 5.54 Å². The number of nitrogens with zero attached hydrogens (tertiary/aromatic N) is 1. The molecule has 0 saturated heterocycles. The topological polar surface area (TPSA) is 70.0 Å². The summed E-state index contributed by atoms with van der Waals surface area (Å²) in [6.45, 7) is 13.2. The fourth-order valence-electron chi connectivity index (χ4n) is 6.65. The van der Waals surface area contributed by atoms with Crippen LogP contribution in [-0.2, 0) is 19.0 Å². The van der Waals surface area contributed by atoms with Crippen molar-refractivity contribution in [2.24, 2.45) is 17.3 Å². The molecule has 0 unspecified atom stereocenters. The molecule has 2 aliphatic rings. The van der Waals surface area contributed by atoms with E-state index in [0.29, 0.717) is 17.9 Å². The van der Waals surface area contributed by atoms with Crippen LogP contribution >= 0.6 is 0 Å². The third-order valence-corrected chi connectivity index (χ3v) is 8.63. The van der Waals surface area contributed by atoms with Crippen molar-refractivity contribution in [2.75, 3.05) is 6.61 Å². The van der Waals surface area contributed by atoms with Crippen molar-refractivity contribution in [1.82, 2.24) is 4.90 Å². The summed E-state index contributed by atoms with van der Waals surface area (Å²) in [4.78, 5) is 13.4. The van der Waals surface area contributed by atoms with E-state index in [2.05, 4.69) is 20.8 Å². The molecule has 3 rings (SSSR count). The summed E-state index contributed by atoms with van der Waals surface area (Å²) in [5, 5.41) is 20.3. The molecule has 0 spiro atoms. The lowest BCUT2D eigenvalue weighted by atomic mass is 9.71. The number of carbonyl (C=O) groups is 1. The number of amides is 1. The van der Waals surface area contributed by atoms with E-state index in [4.69, 9.17) is 4.74 Å². The quantitative estimate of drug-likeness (QED) is 0.421. The van der Waals surface area contributed by atoms with Gasteiger partial charge in [0.05, 0.1) is 18.2 Å². The van der Waals surface area contributed by atoms with Gasteiger partial charge in [-0.3, -0.25) is 4.90 Å². The number of ether oxygens (including phenoxy) is 1. The van der Waals surface area contributed by atoms with Crippen LogP contribution in [0.2, 0.25) is 0 Å². The van der Waals surface area contributed by atoms with Gasteiger partial charge in [0.15, 0.2) is 0 Å². The number of hydrogen-bond donors (Lipinski definition) is 2. The van der Waals surface area contributed by atoms with Gasteiger partial charge in [0.1, 0.15) is 11.3 Å². The first-order valence-corrected chi connectivity index (χ1v) is 13.4. The van der Waals surface area contributed by atoms with Gasteiger partial charge >= 0.3 is 12.3 Å². The van der Waals surface area contributed by atoms with Crippen LogP contribution in [0, 0.1) is 17.3 Å². The molecule has 8 heteroatoms. The van der Waals surface area contributed by atoms with Crippen LogP contribution in [0.15, 0.2) is 12.1 Å². The molecule has 1 aromatic carbocycles. The highest BCUT2D eigenvalue weighted by atomic mass is 19.4. The molecule has 0 aliphatic heterocycles. The highest BCUT2D eigenvalue weighted by Crippen LogP contribution is 2.47. The Morgan fingerprint density at radius 2 is 1.57 bits per heavy atom. The number of aliphatic hydroxyl groups excluding tert-OH is 1. The second-order valence-electron chi connectivity index (χ2n) is 13.3. The number of rotatable bonds is 5. The number of halogens is 3. The molecular weight excluding hydrogens is 483 g/mol. The van der Waals surface area contributed by atoms with E-state index in [-0.39, 0.29) is 41.6 Å². The molecule has 0 radical (unpaired) electrons. The maximum absolute atomic E-state index is 14.4. The van der Waals surface area contributed by atoms with Gasteiger partial charge in [-0.15, -0.1) is 0 Å². The first-order chi connectivity index (χ1) is 16.9. The van der Waals surface area contributed by atoms with Crippen molar-refractivity contribution in [3.05, 3.63) is 28.8 Å². The summed E-state index contributed by atoms with van der Waals surface area (Å²) in [6.07, 6.45) is -1.84. The number of hydrogen-bond acceptors (Lipinski definition) is 3. The predicted octanol–water partition coefficient (Wildman–Crippen LogP) is 7.32. The average Bonchev–Trinajstić information content (AvgIpc) is 2.76. The van der Waals surface area contributed by atoms with Gasteiger partial charge in [-0.05, 0) is 107 Å². The Balaban J connectivity index is 1.90. The Kier molecular flexibility index (Phi) is 8.24. The van der Waals surface area contributed by atoms with Gasteiger partial charge in [0.2, 0.25) is 0 Å². The molecule has 0 heterocycles. The molecule has 1 amide bonds. The van der Waals surface area contributed by atoms with Crippen molar-refractivity contribution >= 4 is 6.09 Å². The Morgan fingerprint density at radius 3 is 2.03 bits per heavy atom. The zero-order chi connectivity index (χ0) is 28.0. The van der Waals surface area contributed by atoms with E-state index in [0.717, 1.165) is 25.7 Å². The van der Waals surface area contributed by atoms with E-state index in [1.165, 1.54) is 11.0 Å². The molecule has 2 aliphatic carbocycles. The molecule has 0 aromatic heterocycles.